The van der Waals surface area contributed by atoms with Crippen molar-refractivity contribution in [3.63, 3.8) is 0 Å². The van der Waals surface area contributed by atoms with Crippen LogP contribution in [-0.2, 0) is 4.74 Å². The van der Waals surface area contributed by atoms with Crippen LogP contribution in [0.4, 0.5) is 0 Å². The number of esters is 1. The summed E-state index contributed by atoms with van der Waals surface area (Å²) < 4.78 is 4.77. The second-order valence-electron chi connectivity index (χ2n) is 5.91. The van der Waals surface area contributed by atoms with Gasteiger partial charge in [-0.3, -0.25) is 4.99 Å². The van der Waals surface area contributed by atoms with Crippen LogP contribution in [0.5, 0.6) is 0 Å². The van der Waals surface area contributed by atoms with Crippen molar-refractivity contribution in [3.8, 4) is 0 Å². The highest BCUT2D eigenvalue weighted by molar-refractivity contribution is 8.13. The van der Waals surface area contributed by atoms with Gasteiger partial charge in [-0.2, -0.15) is 0 Å². The van der Waals surface area contributed by atoms with Gasteiger partial charge in [-0.1, -0.05) is 25.7 Å². The van der Waals surface area contributed by atoms with Crippen LogP contribution in [-0.4, -0.2) is 38.6 Å². The standard InChI is InChI=1S/C15H23NO2SSi/c1-11-9-12(7-8-13(11)15(17)18-2)14(19-3)16-10-20(4,5)6/h7-9H,10H2,1-6H3. The van der Waals surface area contributed by atoms with Crippen LogP contribution >= 0.6 is 11.8 Å². The fourth-order valence-corrected chi connectivity index (χ4v) is 3.02. The molecule has 0 aliphatic rings. The Morgan fingerprint density at radius 2 is 2.00 bits per heavy atom. The molecule has 0 saturated carbocycles. The molecule has 3 nitrogen and oxygen atoms in total. The lowest BCUT2D eigenvalue weighted by Gasteiger charge is -2.14. The molecule has 0 aliphatic carbocycles. The maximum Gasteiger partial charge on any atom is 0.338 e. The van der Waals surface area contributed by atoms with Gasteiger partial charge < -0.3 is 4.74 Å². The van der Waals surface area contributed by atoms with Crippen molar-refractivity contribution in [2.75, 3.05) is 19.5 Å². The fraction of sp³-hybridized carbons (Fsp3) is 0.467. The van der Waals surface area contributed by atoms with Crippen LogP contribution in [0.25, 0.3) is 0 Å². The van der Waals surface area contributed by atoms with Crippen LogP contribution in [0.2, 0.25) is 19.6 Å². The van der Waals surface area contributed by atoms with Crippen molar-refractivity contribution in [1.82, 2.24) is 0 Å². The van der Waals surface area contributed by atoms with E-state index in [1.807, 2.05) is 31.4 Å². The highest BCUT2D eigenvalue weighted by Crippen LogP contribution is 2.18. The minimum atomic E-state index is -1.19. The van der Waals surface area contributed by atoms with Crippen LogP contribution < -0.4 is 0 Å². The summed E-state index contributed by atoms with van der Waals surface area (Å²) in [5, 5.41) is 1.03. The highest BCUT2D eigenvalue weighted by Gasteiger charge is 2.14. The summed E-state index contributed by atoms with van der Waals surface area (Å²) in [6, 6.07) is 5.77. The molecule has 0 radical (unpaired) electrons. The minimum Gasteiger partial charge on any atom is -0.465 e. The van der Waals surface area contributed by atoms with E-state index >= 15 is 0 Å². The number of ether oxygens (including phenoxy) is 1. The van der Waals surface area contributed by atoms with E-state index in [2.05, 4.69) is 19.6 Å². The van der Waals surface area contributed by atoms with Crippen molar-refractivity contribution in [1.29, 1.82) is 0 Å². The SMILES string of the molecule is COC(=O)c1ccc(C(=NC[Si](C)(C)C)SC)cc1C. The second-order valence-corrected chi connectivity index (χ2v) is 12.1. The molecular weight excluding hydrogens is 286 g/mol. The lowest BCUT2D eigenvalue weighted by Crippen LogP contribution is -2.25. The Labute approximate surface area is 126 Å². The number of rotatable bonds is 4. The number of benzene rings is 1. The Balaban J connectivity index is 3.06. The number of hydrogen-bond acceptors (Lipinski definition) is 4. The van der Waals surface area contributed by atoms with Crippen LogP contribution in [0.1, 0.15) is 21.5 Å². The Morgan fingerprint density at radius 3 is 2.45 bits per heavy atom. The van der Waals surface area contributed by atoms with Gasteiger partial charge in [-0.25, -0.2) is 4.79 Å². The predicted octanol–water partition coefficient (Wildman–Crippen LogP) is 3.77. The summed E-state index contributed by atoms with van der Waals surface area (Å²) in [7, 11) is 0.209. The zero-order valence-electron chi connectivity index (χ0n) is 13.1. The van der Waals surface area contributed by atoms with Gasteiger partial charge in [-0.05, 0) is 30.9 Å². The molecule has 0 unspecified atom stereocenters. The molecule has 0 amide bonds. The molecule has 5 heteroatoms. The van der Waals surface area contributed by atoms with E-state index in [9.17, 15) is 4.79 Å². The molecule has 1 aromatic rings. The normalized spacial score (nSPS) is 12.4. The highest BCUT2D eigenvalue weighted by atomic mass is 32.2. The molecule has 0 spiro atoms. The number of aryl methyl sites for hydroxylation is 1. The summed E-state index contributed by atoms with van der Waals surface area (Å²) in [5.41, 5.74) is 2.60. The molecule has 1 rings (SSSR count). The number of aliphatic imine (C=N–C) groups is 1. The van der Waals surface area contributed by atoms with E-state index < -0.39 is 8.07 Å². The van der Waals surface area contributed by atoms with E-state index in [1.54, 1.807) is 11.8 Å². The zero-order valence-corrected chi connectivity index (χ0v) is 14.9. The van der Waals surface area contributed by atoms with Gasteiger partial charge in [-0.15, -0.1) is 11.8 Å². The molecule has 20 heavy (non-hydrogen) atoms. The molecular formula is C15H23NO2SSi. The quantitative estimate of drug-likeness (QED) is 0.368. The van der Waals surface area contributed by atoms with Gasteiger partial charge >= 0.3 is 5.97 Å². The summed E-state index contributed by atoms with van der Waals surface area (Å²) in [6.45, 7) is 8.84. The van der Waals surface area contributed by atoms with Crippen molar-refractivity contribution in [3.05, 3.63) is 34.9 Å². The lowest BCUT2D eigenvalue weighted by molar-refractivity contribution is 0.0600. The molecule has 0 aromatic heterocycles. The molecule has 0 atom stereocenters. The summed E-state index contributed by atoms with van der Waals surface area (Å²) in [6.07, 6.45) is 2.95. The first-order valence-corrected chi connectivity index (χ1v) is 11.5. The van der Waals surface area contributed by atoms with E-state index in [0.29, 0.717) is 5.56 Å². The molecule has 1 aromatic carbocycles. The summed E-state index contributed by atoms with van der Waals surface area (Å²) in [4.78, 5) is 16.3. The second kappa shape index (κ2) is 7.08. The molecule has 0 N–H and O–H groups in total. The average Bonchev–Trinajstić information content (AvgIpc) is 2.37. The largest absolute Gasteiger partial charge is 0.465 e. The van der Waals surface area contributed by atoms with Gasteiger partial charge in [0.2, 0.25) is 0 Å². The fourth-order valence-electron chi connectivity index (χ4n) is 1.72. The third kappa shape index (κ3) is 4.79. The number of nitrogens with zero attached hydrogens (tertiary/aromatic N) is 1. The number of methoxy groups -OCH3 is 1. The predicted molar refractivity (Wildman–Crippen MR) is 90.8 cm³/mol. The zero-order chi connectivity index (χ0) is 15.3. The maximum atomic E-state index is 11.6. The first kappa shape index (κ1) is 17.0. The van der Waals surface area contributed by atoms with Crippen molar-refractivity contribution >= 4 is 30.8 Å². The summed E-state index contributed by atoms with van der Waals surface area (Å²) in [5.74, 6) is -0.293. The number of carbonyl (C=O) groups is 1. The van der Waals surface area contributed by atoms with Crippen molar-refractivity contribution < 1.29 is 9.53 Å². The third-order valence-electron chi connectivity index (χ3n) is 2.77. The monoisotopic (exact) mass is 309 g/mol. The Bertz CT molecular complexity index is 521. The Kier molecular flexibility index (Phi) is 6.01. The molecule has 110 valence electrons. The van der Waals surface area contributed by atoms with Gasteiger partial charge in [0.1, 0.15) is 0 Å². The summed E-state index contributed by atoms with van der Waals surface area (Å²) >= 11 is 1.65. The van der Waals surface area contributed by atoms with Crippen molar-refractivity contribution in [2.24, 2.45) is 4.99 Å². The first-order valence-electron chi connectivity index (χ1n) is 6.56. The molecule has 0 fully saturated rings. The van der Waals surface area contributed by atoms with Gasteiger partial charge in [0.15, 0.2) is 0 Å². The number of carbonyl (C=O) groups excluding carboxylic acids is 1. The average molecular weight is 310 g/mol. The topological polar surface area (TPSA) is 38.7 Å². The van der Waals surface area contributed by atoms with Gasteiger partial charge in [0.05, 0.1) is 25.8 Å². The molecule has 0 aliphatic heterocycles. The van der Waals surface area contributed by atoms with Gasteiger partial charge in [0.25, 0.3) is 0 Å². The van der Waals surface area contributed by atoms with E-state index in [4.69, 9.17) is 9.73 Å². The lowest BCUT2D eigenvalue weighted by atomic mass is 10.1. The molecule has 0 heterocycles. The van der Waals surface area contributed by atoms with Crippen LogP contribution in [0, 0.1) is 6.92 Å². The Morgan fingerprint density at radius 1 is 1.35 bits per heavy atom. The van der Waals surface area contributed by atoms with Crippen LogP contribution in [0.3, 0.4) is 0 Å². The third-order valence-corrected chi connectivity index (χ3v) is 4.63. The van der Waals surface area contributed by atoms with Crippen LogP contribution in [0.15, 0.2) is 23.2 Å². The smallest absolute Gasteiger partial charge is 0.338 e. The van der Waals surface area contributed by atoms with Gasteiger partial charge in [0, 0.05) is 11.7 Å². The van der Waals surface area contributed by atoms with E-state index in [0.717, 1.165) is 22.3 Å². The molecule has 0 saturated heterocycles. The Hall–Kier alpha value is -1.07. The number of hydrogen-bond donors (Lipinski definition) is 0. The number of thioether (sulfide) groups is 1. The first-order chi connectivity index (χ1) is 9.28. The molecule has 0 bridgehead atoms. The maximum absolute atomic E-state index is 11.6. The van der Waals surface area contributed by atoms with E-state index in [1.165, 1.54) is 7.11 Å². The minimum absolute atomic E-state index is 0.293. The van der Waals surface area contributed by atoms with Crippen molar-refractivity contribution in [2.45, 2.75) is 26.6 Å². The van der Waals surface area contributed by atoms with E-state index in [-0.39, 0.29) is 5.97 Å².